The molecule has 0 bridgehead atoms. The highest BCUT2D eigenvalue weighted by molar-refractivity contribution is 7.95. The number of rotatable bonds is 6. The van der Waals surface area contributed by atoms with E-state index in [1.54, 1.807) is 0 Å². The molecule has 1 atom stereocenters. The van der Waals surface area contributed by atoms with Gasteiger partial charge >= 0.3 is 18.3 Å². The lowest BCUT2D eigenvalue weighted by Gasteiger charge is -2.21. The van der Waals surface area contributed by atoms with E-state index in [1.165, 1.54) is 0 Å². The summed E-state index contributed by atoms with van der Waals surface area (Å²) in [6, 6.07) is 0. The van der Waals surface area contributed by atoms with Gasteiger partial charge in [0.15, 0.2) is 9.84 Å². The Hall–Kier alpha value is -0.970. The monoisotopic (exact) mass is 362 g/mol. The average molecular weight is 363 g/mol. The van der Waals surface area contributed by atoms with Crippen molar-refractivity contribution in [3.8, 4) is 0 Å². The van der Waals surface area contributed by atoms with E-state index in [0.29, 0.717) is 0 Å². The van der Waals surface area contributed by atoms with Crippen molar-refractivity contribution in [1.82, 2.24) is 0 Å². The summed E-state index contributed by atoms with van der Waals surface area (Å²) in [5, 5.41) is 8.72. The normalized spacial score (nSPS) is 16.9. The molecule has 0 aromatic carbocycles. The van der Waals surface area contributed by atoms with E-state index < -0.39 is 57.0 Å². The molecule has 0 fully saturated rings. The van der Waals surface area contributed by atoms with Crippen molar-refractivity contribution >= 4 is 27.4 Å². The maximum absolute atomic E-state index is 12.0. The molecular weight excluding hydrogens is 354 g/mol. The van der Waals surface area contributed by atoms with Crippen LogP contribution >= 0.6 is 11.6 Å². The minimum absolute atomic E-state index is 0.131. The zero-order valence-corrected chi connectivity index (χ0v) is 11.6. The Morgan fingerprint density at radius 1 is 1.14 bits per heavy atom. The molecule has 0 radical (unpaired) electrons. The van der Waals surface area contributed by atoms with Crippen LogP contribution in [0, 0.1) is 0 Å². The van der Waals surface area contributed by atoms with Crippen LogP contribution in [0.5, 0.6) is 0 Å². The van der Waals surface area contributed by atoms with Gasteiger partial charge in [0.2, 0.25) is 4.21 Å². The lowest BCUT2D eigenvalue weighted by atomic mass is 10.2. The third-order valence-corrected chi connectivity index (χ3v) is 5.24. The van der Waals surface area contributed by atoms with Gasteiger partial charge in [-0.05, 0) is 0 Å². The summed E-state index contributed by atoms with van der Waals surface area (Å²) in [6.45, 7) is 0. The Morgan fingerprint density at radius 2 is 1.62 bits per heavy atom. The fourth-order valence-electron chi connectivity index (χ4n) is 1.10. The number of hydrogen-bond acceptors (Lipinski definition) is 3. The number of hydrogen-bond donors (Lipinski definition) is 1. The van der Waals surface area contributed by atoms with Gasteiger partial charge in [-0.25, -0.2) is 13.2 Å². The minimum Gasteiger partial charge on any atom is -0.479 e. The van der Waals surface area contributed by atoms with E-state index in [1.807, 2.05) is 0 Å². The molecule has 0 aliphatic rings. The molecule has 0 amide bonds. The molecule has 0 aromatic heterocycles. The van der Waals surface area contributed by atoms with E-state index in [0.717, 1.165) is 0 Å². The molecular formula is C9H9ClF6O4S. The van der Waals surface area contributed by atoms with E-state index in [4.69, 9.17) is 16.7 Å². The SMILES string of the molecule is O=C(O)C(Cl)(CC=CC(F)(F)F)S(=O)(=O)CCC(F)(F)F. The highest BCUT2D eigenvalue weighted by Crippen LogP contribution is 2.32. The van der Waals surface area contributed by atoms with E-state index in [9.17, 15) is 39.6 Å². The van der Waals surface area contributed by atoms with Crippen molar-refractivity contribution in [3.05, 3.63) is 12.2 Å². The highest BCUT2D eigenvalue weighted by atomic mass is 35.5. The van der Waals surface area contributed by atoms with Crippen LogP contribution in [0.2, 0.25) is 0 Å². The molecule has 0 saturated heterocycles. The molecule has 0 saturated carbocycles. The van der Waals surface area contributed by atoms with Gasteiger partial charge in [-0.1, -0.05) is 17.7 Å². The first-order valence-corrected chi connectivity index (χ1v) is 7.09. The molecule has 0 aliphatic heterocycles. The van der Waals surface area contributed by atoms with Crippen molar-refractivity contribution < 1.29 is 44.7 Å². The maximum Gasteiger partial charge on any atom is 0.409 e. The molecule has 1 unspecified atom stereocenters. The van der Waals surface area contributed by atoms with E-state index in [-0.39, 0.29) is 6.08 Å². The lowest BCUT2D eigenvalue weighted by Crippen LogP contribution is -2.43. The Kier molecular flexibility index (Phi) is 6.13. The number of carbonyl (C=O) groups is 1. The van der Waals surface area contributed by atoms with Crippen LogP contribution in [0.4, 0.5) is 26.3 Å². The van der Waals surface area contributed by atoms with Crippen LogP contribution in [-0.4, -0.2) is 41.8 Å². The summed E-state index contributed by atoms with van der Waals surface area (Å²) >= 11 is 5.25. The summed E-state index contributed by atoms with van der Waals surface area (Å²) < 4.78 is 91.3. The molecule has 0 spiro atoms. The molecule has 0 aromatic rings. The van der Waals surface area contributed by atoms with Crippen LogP contribution in [0.25, 0.3) is 0 Å². The van der Waals surface area contributed by atoms with Gasteiger partial charge in [0.05, 0.1) is 12.2 Å². The first-order chi connectivity index (χ1) is 9.11. The molecule has 0 aliphatic carbocycles. The fraction of sp³-hybridized carbons (Fsp3) is 0.667. The zero-order chi connectivity index (χ0) is 17.1. The van der Waals surface area contributed by atoms with Crippen LogP contribution in [0.15, 0.2) is 12.2 Å². The third-order valence-electron chi connectivity index (χ3n) is 2.15. The summed E-state index contributed by atoms with van der Waals surface area (Å²) in [4.78, 5) is 10.8. The number of carboxylic acid groups (broad SMARTS) is 1. The van der Waals surface area contributed by atoms with Gasteiger partial charge in [0.25, 0.3) is 0 Å². The van der Waals surface area contributed by atoms with Crippen molar-refractivity contribution in [2.45, 2.75) is 29.4 Å². The number of allylic oxidation sites excluding steroid dienone is 2. The molecule has 124 valence electrons. The second-order valence-corrected chi connectivity index (χ2v) is 7.07. The summed E-state index contributed by atoms with van der Waals surface area (Å²) in [5.74, 6) is -3.90. The molecule has 4 nitrogen and oxygen atoms in total. The minimum atomic E-state index is -5.04. The van der Waals surface area contributed by atoms with E-state index >= 15 is 0 Å². The summed E-state index contributed by atoms with van der Waals surface area (Å²) in [6.07, 6.45) is -13.2. The quantitative estimate of drug-likeness (QED) is 0.448. The Bertz CT molecular complexity index is 509. The smallest absolute Gasteiger partial charge is 0.409 e. The van der Waals surface area contributed by atoms with Gasteiger partial charge in [-0.15, -0.1) is 0 Å². The van der Waals surface area contributed by atoms with Crippen molar-refractivity contribution in [2.75, 3.05) is 5.75 Å². The van der Waals surface area contributed by atoms with Crippen LogP contribution in [0.3, 0.4) is 0 Å². The number of alkyl halides is 7. The standard InChI is InChI=1S/C9H9ClF6O4S/c10-7(6(17)18,2-1-3-8(11,12)13)21(19,20)5-4-9(14,15)16/h1,3H,2,4-5H2,(H,17,18). The topological polar surface area (TPSA) is 71.4 Å². The van der Waals surface area contributed by atoms with Gasteiger partial charge < -0.3 is 5.11 Å². The van der Waals surface area contributed by atoms with Crippen molar-refractivity contribution in [3.63, 3.8) is 0 Å². The van der Waals surface area contributed by atoms with Gasteiger partial charge in [0, 0.05) is 12.5 Å². The maximum atomic E-state index is 12.0. The van der Waals surface area contributed by atoms with Gasteiger partial charge in [-0.2, -0.15) is 26.3 Å². The number of sulfone groups is 1. The van der Waals surface area contributed by atoms with Gasteiger partial charge in [0.1, 0.15) is 0 Å². The molecule has 12 heteroatoms. The molecule has 21 heavy (non-hydrogen) atoms. The Balaban J connectivity index is 5.28. The number of halogens is 7. The van der Waals surface area contributed by atoms with Crippen molar-refractivity contribution in [1.29, 1.82) is 0 Å². The zero-order valence-electron chi connectivity index (χ0n) is 10.0. The molecule has 1 N–H and O–H groups in total. The largest absolute Gasteiger partial charge is 0.479 e. The predicted octanol–water partition coefficient (Wildman–Crippen LogP) is 2.88. The highest BCUT2D eigenvalue weighted by Gasteiger charge is 2.49. The number of aliphatic carboxylic acids is 1. The van der Waals surface area contributed by atoms with Crippen LogP contribution in [0.1, 0.15) is 12.8 Å². The Labute approximate surface area is 120 Å². The first kappa shape index (κ1) is 20.0. The lowest BCUT2D eigenvalue weighted by molar-refractivity contribution is -0.138. The van der Waals surface area contributed by atoms with E-state index in [2.05, 4.69) is 0 Å². The third kappa shape index (κ3) is 6.55. The molecule has 0 heterocycles. The number of carboxylic acids is 1. The average Bonchev–Trinajstić information content (AvgIpc) is 2.23. The summed E-state index contributed by atoms with van der Waals surface area (Å²) in [7, 11) is -5.04. The summed E-state index contributed by atoms with van der Waals surface area (Å²) in [5.41, 5.74) is 0. The second-order valence-electron chi connectivity index (χ2n) is 3.87. The Morgan fingerprint density at radius 3 is 1.95 bits per heavy atom. The second kappa shape index (κ2) is 6.42. The fourth-order valence-corrected chi connectivity index (χ4v) is 2.86. The van der Waals surface area contributed by atoms with Gasteiger partial charge in [-0.3, -0.25) is 0 Å². The molecule has 0 rings (SSSR count). The van der Waals surface area contributed by atoms with Crippen LogP contribution in [-0.2, 0) is 14.6 Å². The first-order valence-electron chi connectivity index (χ1n) is 5.06. The predicted molar refractivity (Wildman–Crippen MR) is 60.5 cm³/mol. The van der Waals surface area contributed by atoms with Crippen LogP contribution < -0.4 is 0 Å². The van der Waals surface area contributed by atoms with Crippen molar-refractivity contribution in [2.24, 2.45) is 0 Å².